The smallest absolute Gasteiger partial charge is 0.224 e. The van der Waals surface area contributed by atoms with Gasteiger partial charge in [0.1, 0.15) is 5.52 Å². The molecule has 2 atom stereocenters. The highest BCUT2D eigenvalue weighted by molar-refractivity contribution is 5.77. The Balaban J connectivity index is 1.40. The Hall–Kier alpha value is -2.73. The predicted octanol–water partition coefficient (Wildman–Crippen LogP) is 1.77. The maximum Gasteiger partial charge on any atom is 0.224 e. The average Bonchev–Trinajstić information content (AvgIpc) is 3.24. The van der Waals surface area contributed by atoms with Crippen molar-refractivity contribution in [1.29, 1.82) is 0 Å². The highest BCUT2D eigenvalue weighted by Crippen LogP contribution is 2.26. The van der Waals surface area contributed by atoms with Crippen LogP contribution >= 0.6 is 0 Å². The number of aromatic nitrogens is 3. The molecular weight excluding hydrogens is 314 g/mol. The number of para-hydroxylation sites is 1. The highest BCUT2D eigenvalue weighted by atomic mass is 16.2. The van der Waals surface area contributed by atoms with Gasteiger partial charge in [-0.15, -0.1) is 5.10 Å². The van der Waals surface area contributed by atoms with Gasteiger partial charge in [-0.3, -0.25) is 4.79 Å². The highest BCUT2D eigenvalue weighted by Gasteiger charge is 2.33. The number of aryl methyl sites for hydroxylation is 1. The Morgan fingerprint density at radius 1 is 1.08 bits per heavy atom. The van der Waals surface area contributed by atoms with Crippen LogP contribution in [0.2, 0.25) is 0 Å². The van der Waals surface area contributed by atoms with Crippen molar-refractivity contribution in [3.05, 3.63) is 60.2 Å². The van der Waals surface area contributed by atoms with Gasteiger partial charge in [-0.1, -0.05) is 47.7 Å². The van der Waals surface area contributed by atoms with E-state index in [0.717, 1.165) is 11.0 Å². The summed E-state index contributed by atoms with van der Waals surface area (Å²) >= 11 is 0. The third-order valence-electron chi connectivity index (χ3n) is 4.90. The molecule has 2 aromatic carbocycles. The second-order valence-electron chi connectivity index (χ2n) is 6.53. The SMILES string of the molecule is N[C@H]1CN(C(=O)CCn2nnc3ccccc32)C[C@@H]1c1ccccc1. The molecule has 1 saturated heterocycles. The van der Waals surface area contributed by atoms with Gasteiger partial charge in [0, 0.05) is 31.5 Å². The molecule has 0 aliphatic carbocycles. The zero-order valence-corrected chi connectivity index (χ0v) is 14.0. The molecule has 6 nitrogen and oxygen atoms in total. The summed E-state index contributed by atoms with van der Waals surface area (Å²) in [5.74, 6) is 0.325. The predicted molar refractivity (Wildman–Crippen MR) is 95.9 cm³/mol. The van der Waals surface area contributed by atoms with E-state index < -0.39 is 0 Å². The minimum absolute atomic E-state index is 0.0152. The fourth-order valence-electron chi connectivity index (χ4n) is 3.53. The number of nitrogens with zero attached hydrogens (tertiary/aromatic N) is 4. The van der Waals surface area contributed by atoms with Crippen LogP contribution in [0.25, 0.3) is 11.0 Å². The Labute approximate surface area is 146 Å². The van der Waals surface area contributed by atoms with Crippen LogP contribution in [0.15, 0.2) is 54.6 Å². The molecule has 1 aliphatic rings. The molecule has 2 heterocycles. The van der Waals surface area contributed by atoms with Crippen LogP contribution in [0.5, 0.6) is 0 Å². The molecule has 1 amide bonds. The minimum atomic E-state index is -0.0152. The molecule has 1 aliphatic heterocycles. The number of likely N-dealkylation sites (tertiary alicyclic amines) is 1. The zero-order valence-electron chi connectivity index (χ0n) is 14.0. The molecule has 2 N–H and O–H groups in total. The number of hydrogen-bond donors (Lipinski definition) is 1. The second kappa shape index (κ2) is 6.64. The molecule has 0 bridgehead atoms. The van der Waals surface area contributed by atoms with Gasteiger partial charge >= 0.3 is 0 Å². The lowest BCUT2D eigenvalue weighted by Crippen LogP contribution is -2.32. The first-order valence-electron chi connectivity index (χ1n) is 8.59. The first-order chi connectivity index (χ1) is 12.2. The lowest BCUT2D eigenvalue weighted by atomic mass is 9.95. The van der Waals surface area contributed by atoms with Crippen molar-refractivity contribution in [3.8, 4) is 0 Å². The summed E-state index contributed by atoms with van der Waals surface area (Å²) in [5, 5.41) is 8.27. The largest absolute Gasteiger partial charge is 0.340 e. The number of nitrogens with two attached hydrogens (primary N) is 1. The zero-order chi connectivity index (χ0) is 17.2. The standard InChI is InChI=1S/C19H21N5O/c20-16-13-23(12-15(16)14-6-2-1-3-7-14)19(25)10-11-24-18-9-5-4-8-17(18)21-22-24/h1-9,15-16H,10-13,20H2/t15-,16+/m1/s1. The number of fused-ring (bicyclic) bond motifs is 1. The molecule has 6 heteroatoms. The monoisotopic (exact) mass is 335 g/mol. The summed E-state index contributed by atoms with van der Waals surface area (Å²) < 4.78 is 1.79. The van der Waals surface area contributed by atoms with E-state index in [1.807, 2.05) is 47.4 Å². The summed E-state index contributed by atoms with van der Waals surface area (Å²) in [6, 6.07) is 18.0. The van der Waals surface area contributed by atoms with Gasteiger partial charge in [0.2, 0.25) is 5.91 Å². The maximum absolute atomic E-state index is 12.6. The van der Waals surface area contributed by atoms with Gasteiger partial charge in [-0.2, -0.15) is 0 Å². The fraction of sp³-hybridized carbons (Fsp3) is 0.316. The molecule has 0 saturated carbocycles. The van der Waals surface area contributed by atoms with Gasteiger partial charge in [-0.05, 0) is 17.7 Å². The summed E-state index contributed by atoms with van der Waals surface area (Å²) in [6.07, 6.45) is 0.404. The summed E-state index contributed by atoms with van der Waals surface area (Å²) in [6.45, 7) is 1.82. The minimum Gasteiger partial charge on any atom is -0.340 e. The van der Waals surface area contributed by atoms with Gasteiger partial charge in [0.05, 0.1) is 12.1 Å². The van der Waals surface area contributed by atoms with E-state index in [1.165, 1.54) is 5.56 Å². The first-order valence-corrected chi connectivity index (χ1v) is 8.59. The summed E-state index contributed by atoms with van der Waals surface area (Å²) in [4.78, 5) is 14.5. The molecule has 3 aromatic rings. The van der Waals surface area contributed by atoms with E-state index in [2.05, 4.69) is 22.4 Å². The van der Waals surface area contributed by atoms with Crippen LogP contribution in [0.4, 0.5) is 0 Å². The van der Waals surface area contributed by atoms with E-state index in [-0.39, 0.29) is 17.9 Å². The summed E-state index contributed by atoms with van der Waals surface area (Å²) in [7, 11) is 0. The lowest BCUT2D eigenvalue weighted by molar-refractivity contribution is -0.130. The number of amides is 1. The summed E-state index contributed by atoms with van der Waals surface area (Å²) in [5.41, 5.74) is 9.29. The topological polar surface area (TPSA) is 77.0 Å². The van der Waals surface area contributed by atoms with Gasteiger partial charge in [0.25, 0.3) is 0 Å². The Kier molecular flexibility index (Phi) is 4.19. The lowest BCUT2D eigenvalue weighted by Gasteiger charge is -2.16. The first kappa shape index (κ1) is 15.8. The molecule has 4 rings (SSSR count). The van der Waals surface area contributed by atoms with E-state index >= 15 is 0 Å². The quantitative estimate of drug-likeness (QED) is 0.788. The molecule has 0 unspecified atom stereocenters. The maximum atomic E-state index is 12.6. The molecule has 0 spiro atoms. The van der Waals surface area contributed by atoms with Crippen LogP contribution < -0.4 is 5.73 Å². The van der Waals surface area contributed by atoms with Crippen LogP contribution in [0.3, 0.4) is 0 Å². The van der Waals surface area contributed by atoms with Crippen molar-refractivity contribution in [1.82, 2.24) is 19.9 Å². The normalized spacial score (nSPS) is 20.3. The molecule has 1 fully saturated rings. The third-order valence-corrected chi connectivity index (χ3v) is 4.90. The van der Waals surface area contributed by atoms with Crippen molar-refractivity contribution >= 4 is 16.9 Å². The number of carbonyl (C=O) groups is 1. The van der Waals surface area contributed by atoms with E-state index in [1.54, 1.807) is 4.68 Å². The molecule has 0 radical (unpaired) electrons. The van der Waals surface area contributed by atoms with Crippen molar-refractivity contribution in [2.45, 2.75) is 24.9 Å². The van der Waals surface area contributed by atoms with Crippen LogP contribution in [-0.4, -0.2) is 44.9 Å². The van der Waals surface area contributed by atoms with Crippen molar-refractivity contribution in [2.24, 2.45) is 5.73 Å². The molecule has 1 aromatic heterocycles. The molecular formula is C19H21N5O. The fourth-order valence-corrected chi connectivity index (χ4v) is 3.53. The number of carbonyl (C=O) groups excluding carboxylic acids is 1. The van der Waals surface area contributed by atoms with E-state index in [9.17, 15) is 4.79 Å². The van der Waals surface area contributed by atoms with Crippen LogP contribution in [-0.2, 0) is 11.3 Å². The van der Waals surface area contributed by atoms with Gasteiger partial charge < -0.3 is 10.6 Å². The molecule has 25 heavy (non-hydrogen) atoms. The third kappa shape index (κ3) is 3.13. The Morgan fingerprint density at radius 2 is 1.84 bits per heavy atom. The molecule has 128 valence electrons. The Morgan fingerprint density at radius 3 is 2.68 bits per heavy atom. The Bertz CT molecular complexity index is 876. The van der Waals surface area contributed by atoms with Gasteiger partial charge in [0.15, 0.2) is 0 Å². The van der Waals surface area contributed by atoms with Crippen LogP contribution in [0.1, 0.15) is 17.9 Å². The van der Waals surface area contributed by atoms with Crippen molar-refractivity contribution < 1.29 is 4.79 Å². The van der Waals surface area contributed by atoms with Crippen LogP contribution in [0, 0.1) is 0 Å². The van der Waals surface area contributed by atoms with E-state index in [4.69, 9.17) is 5.73 Å². The van der Waals surface area contributed by atoms with Crippen molar-refractivity contribution in [2.75, 3.05) is 13.1 Å². The van der Waals surface area contributed by atoms with E-state index in [0.29, 0.717) is 26.1 Å². The van der Waals surface area contributed by atoms with Crippen molar-refractivity contribution in [3.63, 3.8) is 0 Å². The number of hydrogen-bond acceptors (Lipinski definition) is 4. The number of rotatable bonds is 4. The second-order valence-corrected chi connectivity index (χ2v) is 6.53. The van der Waals surface area contributed by atoms with Gasteiger partial charge in [-0.25, -0.2) is 4.68 Å². The number of benzene rings is 2. The average molecular weight is 335 g/mol.